The summed E-state index contributed by atoms with van der Waals surface area (Å²) in [5.74, 6) is 1.74. The number of rotatable bonds is 1. The van der Waals surface area contributed by atoms with Crippen LogP contribution in [0.25, 0.3) is 0 Å². The molecule has 0 saturated carbocycles. The molecule has 0 spiro atoms. The number of imidazole rings is 1. The molecule has 2 heterocycles. The molecule has 0 aliphatic carbocycles. The number of nitrogens with two attached hydrogens (primary N) is 1. The van der Waals surface area contributed by atoms with E-state index in [4.69, 9.17) is 5.73 Å². The first-order valence-electron chi connectivity index (χ1n) is 5.02. The normalized spacial score (nSPS) is 27.3. The quantitative estimate of drug-likeness (QED) is 0.705. The van der Waals surface area contributed by atoms with Crippen LogP contribution >= 0.6 is 0 Å². The number of hydrogen-bond acceptors (Lipinski definition) is 2. The second kappa shape index (κ2) is 3.14. The Hall–Kier alpha value is -0.830. The van der Waals surface area contributed by atoms with Crippen molar-refractivity contribution in [3.8, 4) is 0 Å². The summed E-state index contributed by atoms with van der Waals surface area (Å²) in [6, 6.07) is 0.307. The van der Waals surface area contributed by atoms with Crippen molar-refractivity contribution in [2.75, 3.05) is 0 Å². The molecule has 0 saturated heterocycles. The van der Waals surface area contributed by atoms with Crippen LogP contribution < -0.4 is 5.73 Å². The molecular formula is C10H17N3. The van der Waals surface area contributed by atoms with Crippen molar-refractivity contribution in [1.29, 1.82) is 0 Å². The van der Waals surface area contributed by atoms with Crippen LogP contribution in [0.4, 0.5) is 0 Å². The molecule has 0 bridgehead atoms. The lowest BCUT2D eigenvalue weighted by atomic mass is 9.98. The van der Waals surface area contributed by atoms with E-state index in [2.05, 4.69) is 29.6 Å². The lowest BCUT2D eigenvalue weighted by Crippen LogP contribution is -2.33. The molecule has 1 aromatic rings. The van der Waals surface area contributed by atoms with E-state index in [0.717, 1.165) is 19.4 Å². The Morgan fingerprint density at radius 1 is 1.69 bits per heavy atom. The monoisotopic (exact) mass is 179 g/mol. The second-order valence-electron chi connectivity index (χ2n) is 3.99. The average molecular weight is 179 g/mol. The van der Waals surface area contributed by atoms with E-state index in [0.29, 0.717) is 12.0 Å². The largest absolute Gasteiger partial charge is 0.333 e. The van der Waals surface area contributed by atoms with Gasteiger partial charge in [-0.3, -0.25) is 0 Å². The van der Waals surface area contributed by atoms with Gasteiger partial charge in [0.1, 0.15) is 5.82 Å². The zero-order chi connectivity index (χ0) is 9.42. The Kier molecular flexibility index (Phi) is 2.12. The fraction of sp³-hybridized carbons (Fsp3) is 0.700. The van der Waals surface area contributed by atoms with Gasteiger partial charge < -0.3 is 10.3 Å². The van der Waals surface area contributed by atoms with Crippen molar-refractivity contribution >= 4 is 0 Å². The van der Waals surface area contributed by atoms with E-state index in [1.807, 2.05) is 0 Å². The van der Waals surface area contributed by atoms with Crippen LogP contribution in [0.15, 0.2) is 6.20 Å². The third-order valence-corrected chi connectivity index (χ3v) is 2.75. The number of fused-ring (bicyclic) bond motifs is 1. The maximum Gasteiger partial charge on any atom is 0.111 e. The highest BCUT2D eigenvalue weighted by Crippen LogP contribution is 2.25. The molecule has 1 aliphatic rings. The van der Waals surface area contributed by atoms with Crippen LogP contribution in [0.1, 0.15) is 37.7 Å². The Morgan fingerprint density at radius 2 is 2.46 bits per heavy atom. The number of aromatic nitrogens is 2. The zero-order valence-electron chi connectivity index (χ0n) is 8.33. The molecule has 2 atom stereocenters. The van der Waals surface area contributed by atoms with Crippen LogP contribution in [0, 0.1) is 0 Å². The molecule has 1 aromatic heterocycles. The lowest BCUT2D eigenvalue weighted by molar-refractivity contribution is 0.407. The molecule has 0 aromatic carbocycles. The van der Waals surface area contributed by atoms with Gasteiger partial charge in [0.25, 0.3) is 0 Å². The van der Waals surface area contributed by atoms with Crippen molar-refractivity contribution in [2.24, 2.45) is 5.73 Å². The molecule has 2 N–H and O–H groups in total. The van der Waals surface area contributed by atoms with Crippen molar-refractivity contribution in [3.05, 3.63) is 17.7 Å². The first-order valence-corrected chi connectivity index (χ1v) is 5.02. The highest BCUT2D eigenvalue weighted by molar-refractivity contribution is 5.11. The minimum Gasteiger partial charge on any atom is -0.333 e. The standard InChI is InChI=1S/C10H17N3/c1-3-9-6-13-5-8(11)4-7(2)10(13)12-9/h6-8H,3-5,11H2,1-2H3. The third kappa shape index (κ3) is 1.48. The minimum absolute atomic E-state index is 0.307. The first-order chi connectivity index (χ1) is 6.20. The number of nitrogens with zero attached hydrogens (tertiary/aromatic N) is 2. The van der Waals surface area contributed by atoms with Gasteiger partial charge in [-0.2, -0.15) is 0 Å². The summed E-state index contributed by atoms with van der Waals surface area (Å²) in [4.78, 5) is 4.59. The molecule has 0 radical (unpaired) electrons. The predicted octanol–water partition coefficient (Wildman–Crippen LogP) is 1.28. The lowest BCUT2D eigenvalue weighted by Gasteiger charge is -2.25. The molecule has 3 heteroatoms. The summed E-state index contributed by atoms with van der Waals surface area (Å²) in [6.45, 7) is 5.28. The molecular weight excluding hydrogens is 162 g/mol. The van der Waals surface area contributed by atoms with E-state index < -0.39 is 0 Å². The van der Waals surface area contributed by atoms with Crippen LogP contribution in [-0.4, -0.2) is 15.6 Å². The van der Waals surface area contributed by atoms with Crippen molar-refractivity contribution in [2.45, 2.75) is 45.2 Å². The van der Waals surface area contributed by atoms with E-state index in [1.54, 1.807) is 0 Å². The van der Waals surface area contributed by atoms with Gasteiger partial charge in [0.2, 0.25) is 0 Å². The van der Waals surface area contributed by atoms with Gasteiger partial charge in [-0.05, 0) is 12.8 Å². The Bertz CT molecular complexity index is 303. The van der Waals surface area contributed by atoms with Gasteiger partial charge >= 0.3 is 0 Å². The maximum absolute atomic E-state index is 5.94. The zero-order valence-corrected chi connectivity index (χ0v) is 8.33. The summed E-state index contributed by atoms with van der Waals surface area (Å²) in [7, 11) is 0. The van der Waals surface area contributed by atoms with Gasteiger partial charge in [-0.25, -0.2) is 4.98 Å². The highest BCUT2D eigenvalue weighted by Gasteiger charge is 2.23. The smallest absolute Gasteiger partial charge is 0.111 e. The Morgan fingerprint density at radius 3 is 3.15 bits per heavy atom. The van der Waals surface area contributed by atoms with Crippen molar-refractivity contribution < 1.29 is 0 Å². The third-order valence-electron chi connectivity index (χ3n) is 2.75. The summed E-state index contributed by atoms with van der Waals surface area (Å²) < 4.78 is 2.22. The average Bonchev–Trinajstić information content (AvgIpc) is 2.47. The first kappa shape index (κ1) is 8.75. The van der Waals surface area contributed by atoms with Crippen LogP contribution in [0.3, 0.4) is 0 Å². The van der Waals surface area contributed by atoms with Gasteiger partial charge in [0.05, 0.1) is 5.69 Å². The fourth-order valence-corrected chi connectivity index (χ4v) is 2.08. The van der Waals surface area contributed by atoms with Crippen LogP contribution in [0.2, 0.25) is 0 Å². The summed E-state index contributed by atoms with van der Waals surface area (Å²) in [5, 5.41) is 0. The molecule has 1 aliphatic heterocycles. The van der Waals surface area contributed by atoms with Gasteiger partial charge in [0, 0.05) is 24.7 Å². The van der Waals surface area contributed by atoms with E-state index in [9.17, 15) is 0 Å². The molecule has 2 rings (SSSR count). The second-order valence-corrected chi connectivity index (χ2v) is 3.99. The SMILES string of the molecule is CCc1cn2c(n1)C(C)CC(N)C2. The molecule has 13 heavy (non-hydrogen) atoms. The summed E-state index contributed by atoms with van der Waals surface area (Å²) in [6.07, 6.45) is 4.23. The van der Waals surface area contributed by atoms with E-state index in [-0.39, 0.29) is 0 Å². The molecule has 0 amide bonds. The highest BCUT2D eigenvalue weighted by atomic mass is 15.1. The van der Waals surface area contributed by atoms with Gasteiger partial charge in [-0.1, -0.05) is 13.8 Å². The van der Waals surface area contributed by atoms with E-state index in [1.165, 1.54) is 11.5 Å². The minimum atomic E-state index is 0.307. The molecule has 72 valence electrons. The predicted molar refractivity (Wildman–Crippen MR) is 52.6 cm³/mol. The Balaban J connectivity index is 2.35. The van der Waals surface area contributed by atoms with Crippen LogP contribution in [-0.2, 0) is 13.0 Å². The van der Waals surface area contributed by atoms with Crippen molar-refractivity contribution in [1.82, 2.24) is 9.55 Å². The van der Waals surface area contributed by atoms with Crippen molar-refractivity contribution in [3.63, 3.8) is 0 Å². The number of hydrogen-bond donors (Lipinski definition) is 1. The topological polar surface area (TPSA) is 43.8 Å². The summed E-state index contributed by atoms with van der Waals surface area (Å²) in [5.41, 5.74) is 7.13. The van der Waals surface area contributed by atoms with E-state index >= 15 is 0 Å². The molecule has 3 nitrogen and oxygen atoms in total. The Labute approximate surface area is 79.0 Å². The van der Waals surface area contributed by atoms with Gasteiger partial charge in [-0.15, -0.1) is 0 Å². The molecule has 0 fully saturated rings. The van der Waals surface area contributed by atoms with Crippen LogP contribution in [0.5, 0.6) is 0 Å². The van der Waals surface area contributed by atoms with Gasteiger partial charge in [0.15, 0.2) is 0 Å². The maximum atomic E-state index is 5.94. The molecule has 2 unspecified atom stereocenters. The fourth-order valence-electron chi connectivity index (χ4n) is 2.08. The summed E-state index contributed by atoms with van der Waals surface area (Å²) >= 11 is 0. The number of aryl methyl sites for hydroxylation is 1.